The van der Waals surface area contributed by atoms with Gasteiger partial charge in [-0.3, -0.25) is 9.59 Å². The first kappa shape index (κ1) is 24.8. The Labute approximate surface area is 186 Å². The molecule has 31 heavy (non-hydrogen) atoms. The summed E-state index contributed by atoms with van der Waals surface area (Å²) in [6.45, 7) is 10.5. The van der Waals surface area contributed by atoms with Gasteiger partial charge in [-0.2, -0.15) is 0 Å². The number of nitrogens with zero attached hydrogens (tertiary/aromatic N) is 3. The van der Waals surface area contributed by atoms with Crippen molar-refractivity contribution in [3.05, 3.63) is 16.8 Å². The van der Waals surface area contributed by atoms with Crippen molar-refractivity contribution in [1.29, 1.82) is 0 Å². The number of aromatic carboxylic acids is 1. The van der Waals surface area contributed by atoms with Gasteiger partial charge < -0.3 is 25.2 Å². The molecule has 1 aromatic heterocycles. The van der Waals surface area contributed by atoms with Gasteiger partial charge in [-0.25, -0.2) is 4.79 Å². The molecule has 1 aliphatic rings. The summed E-state index contributed by atoms with van der Waals surface area (Å²) >= 11 is 5.82. The summed E-state index contributed by atoms with van der Waals surface area (Å²) < 4.78 is 11.0. The number of esters is 2. The van der Waals surface area contributed by atoms with Crippen LogP contribution in [0.5, 0.6) is 0 Å². The standard InChI is InChI=1S/C20H29ClN4O6/c1-19(2,3)30-17(28)10-7-12(18(29)31-20(4,5)6)15(22)25(9-10)13-8-11(16(26)27)14(21)24-23-13/h8,10,12,15H,7,9,22H2,1-6H3,(H,26,27). The molecule has 2 heterocycles. The topological polar surface area (TPSA) is 145 Å². The third kappa shape index (κ3) is 6.51. The summed E-state index contributed by atoms with van der Waals surface area (Å²) in [6, 6.07) is 1.21. The number of halogens is 1. The number of hydrogen-bond acceptors (Lipinski definition) is 9. The quantitative estimate of drug-likeness (QED) is 0.646. The van der Waals surface area contributed by atoms with Crippen LogP contribution in [0.4, 0.5) is 5.82 Å². The normalized spacial score (nSPS) is 22.1. The van der Waals surface area contributed by atoms with Crippen LogP contribution in [0.1, 0.15) is 58.3 Å². The number of carbonyl (C=O) groups excluding carboxylic acids is 2. The van der Waals surface area contributed by atoms with E-state index < -0.39 is 47.1 Å². The molecule has 3 unspecified atom stereocenters. The predicted molar refractivity (Wildman–Crippen MR) is 113 cm³/mol. The first-order valence-electron chi connectivity index (χ1n) is 9.83. The number of carboxylic acid groups (broad SMARTS) is 1. The fourth-order valence-corrected chi connectivity index (χ4v) is 3.34. The van der Waals surface area contributed by atoms with Crippen LogP contribution in [-0.2, 0) is 19.1 Å². The van der Waals surface area contributed by atoms with Gasteiger partial charge in [0, 0.05) is 12.6 Å². The fourth-order valence-electron chi connectivity index (χ4n) is 3.17. The molecular weight excluding hydrogens is 428 g/mol. The number of carboxylic acids is 1. The van der Waals surface area contributed by atoms with E-state index in [1.165, 1.54) is 11.0 Å². The summed E-state index contributed by atoms with van der Waals surface area (Å²) in [5.74, 6) is -3.88. The Bertz CT molecular complexity index is 864. The highest BCUT2D eigenvalue weighted by Crippen LogP contribution is 2.33. The van der Waals surface area contributed by atoms with Crippen molar-refractivity contribution in [3.63, 3.8) is 0 Å². The van der Waals surface area contributed by atoms with Gasteiger partial charge in [-0.15, -0.1) is 10.2 Å². The maximum absolute atomic E-state index is 12.9. The number of anilines is 1. The molecule has 0 radical (unpaired) electrons. The lowest BCUT2D eigenvalue weighted by Crippen LogP contribution is -2.58. The molecule has 0 saturated carbocycles. The van der Waals surface area contributed by atoms with Crippen molar-refractivity contribution < 1.29 is 29.0 Å². The van der Waals surface area contributed by atoms with Crippen LogP contribution >= 0.6 is 11.6 Å². The van der Waals surface area contributed by atoms with E-state index in [0.29, 0.717) is 0 Å². The number of piperidine rings is 1. The van der Waals surface area contributed by atoms with Crippen molar-refractivity contribution in [2.75, 3.05) is 11.4 Å². The second-order valence-corrected chi connectivity index (χ2v) is 9.82. The molecule has 1 aromatic rings. The van der Waals surface area contributed by atoms with Gasteiger partial charge in [0.05, 0.1) is 18.0 Å². The highest BCUT2D eigenvalue weighted by Gasteiger charge is 2.44. The van der Waals surface area contributed by atoms with Gasteiger partial charge >= 0.3 is 17.9 Å². The van der Waals surface area contributed by atoms with Crippen LogP contribution in [-0.4, -0.2) is 57.1 Å². The lowest BCUT2D eigenvalue weighted by molar-refractivity contribution is -0.166. The van der Waals surface area contributed by atoms with Gasteiger partial charge in [0.1, 0.15) is 16.8 Å². The number of rotatable bonds is 4. The zero-order valence-electron chi connectivity index (χ0n) is 18.5. The molecular formula is C20H29ClN4O6. The maximum atomic E-state index is 12.9. The van der Waals surface area contributed by atoms with E-state index in [0.717, 1.165) is 0 Å². The molecule has 1 fully saturated rings. The predicted octanol–water partition coefficient (Wildman–Crippen LogP) is 2.24. The summed E-state index contributed by atoms with van der Waals surface area (Å²) in [5.41, 5.74) is 4.61. The Kier molecular flexibility index (Phi) is 7.17. The van der Waals surface area contributed by atoms with Gasteiger partial charge in [0.25, 0.3) is 0 Å². The molecule has 0 aromatic carbocycles. The summed E-state index contributed by atoms with van der Waals surface area (Å²) in [4.78, 5) is 38.5. The Hall–Kier alpha value is -2.46. The molecule has 10 nitrogen and oxygen atoms in total. The minimum absolute atomic E-state index is 0.0603. The minimum Gasteiger partial charge on any atom is -0.478 e. The molecule has 2 rings (SSSR count). The Balaban J connectivity index is 2.43. The van der Waals surface area contributed by atoms with Gasteiger partial charge in [-0.05, 0) is 48.0 Å². The summed E-state index contributed by atoms with van der Waals surface area (Å²) in [5, 5.41) is 16.7. The molecule has 1 aliphatic heterocycles. The molecule has 0 aliphatic carbocycles. The van der Waals surface area contributed by atoms with E-state index in [-0.39, 0.29) is 29.5 Å². The van der Waals surface area contributed by atoms with E-state index >= 15 is 0 Å². The number of hydrogen-bond donors (Lipinski definition) is 2. The molecule has 0 amide bonds. The van der Waals surface area contributed by atoms with Crippen LogP contribution in [0, 0.1) is 11.8 Å². The minimum atomic E-state index is -1.29. The van der Waals surface area contributed by atoms with Gasteiger partial charge in [0.15, 0.2) is 11.0 Å². The van der Waals surface area contributed by atoms with E-state index in [9.17, 15) is 19.5 Å². The fraction of sp³-hybridized carbons (Fsp3) is 0.650. The molecule has 0 spiro atoms. The van der Waals surface area contributed by atoms with Crippen LogP contribution in [0.15, 0.2) is 6.07 Å². The lowest BCUT2D eigenvalue weighted by Gasteiger charge is -2.42. The first-order valence-corrected chi connectivity index (χ1v) is 10.2. The number of ether oxygens (including phenoxy) is 2. The molecule has 11 heteroatoms. The SMILES string of the molecule is CC(C)(C)OC(=O)C1CC(C(=O)OC(C)(C)C)C(N)N(c2cc(C(=O)O)c(Cl)nn2)C1. The highest BCUT2D eigenvalue weighted by molar-refractivity contribution is 6.32. The van der Waals surface area contributed by atoms with E-state index in [1.54, 1.807) is 41.5 Å². The monoisotopic (exact) mass is 456 g/mol. The van der Waals surface area contributed by atoms with Gasteiger partial charge in [0.2, 0.25) is 0 Å². The Morgan fingerprint density at radius 1 is 1.10 bits per heavy atom. The Morgan fingerprint density at radius 2 is 1.65 bits per heavy atom. The lowest BCUT2D eigenvalue weighted by atomic mass is 9.86. The average Bonchev–Trinajstić information content (AvgIpc) is 2.59. The van der Waals surface area contributed by atoms with Crippen LogP contribution in [0.25, 0.3) is 0 Å². The number of aromatic nitrogens is 2. The molecule has 3 N–H and O–H groups in total. The number of nitrogens with two attached hydrogens (primary N) is 1. The van der Waals surface area contributed by atoms with Crippen LogP contribution in [0.2, 0.25) is 5.15 Å². The second kappa shape index (κ2) is 8.96. The molecule has 1 saturated heterocycles. The second-order valence-electron chi connectivity index (χ2n) is 9.46. The van der Waals surface area contributed by atoms with Crippen molar-refractivity contribution in [2.24, 2.45) is 17.6 Å². The molecule has 3 atom stereocenters. The van der Waals surface area contributed by atoms with Crippen molar-refractivity contribution >= 4 is 35.3 Å². The van der Waals surface area contributed by atoms with Crippen LogP contribution in [0.3, 0.4) is 0 Å². The average molecular weight is 457 g/mol. The zero-order valence-corrected chi connectivity index (χ0v) is 19.3. The van der Waals surface area contributed by atoms with Crippen molar-refractivity contribution in [1.82, 2.24) is 10.2 Å². The van der Waals surface area contributed by atoms with E-state index in [2.05, 4.69) is 10.2 Å². The molecule has 0 bridgehead atoms. The van der Waals surface area contributed by atoms with Crippen molar-refractivity contribution in [3.8, 4) is 0 Å². The highest BCUT2D eigenvalue weighted by atomic mass is 35.5. The summed E-state index contributed by atoms with van der Waals surface area (Å²) in [7, 11) is 0. The van der Waals surface area contributed by atoms with E-state index in [1.807, 2.05) is 0 Å². The summed E-state index contributed by atoms with van der Waals surface area (Å²) in [6.07, 6.45) is -0.806. The van der Waals surface area contributed by atoms with Gasteiger partial charge in [-0.1, -0.05) is 11.6 Å². The molecule has 172 valence electrons. The third-order valence-electron chi connectivity index (χ3n) is 4.44. The number of carbonyl (C=O) groups is 3. The largest absolute Gasteiger partial charge is 0.478 e. The first-order chi connectivity index (χ1) is 14.1. The zero-order chi connectivity index (χ0) is 23.7. The smallest absolute Gasteiger partial charge is 0.339 e. The van der Waals surface area contributed by atoms with Crippen LogP contribution < -0.4 is 10.6 Å². The van der Waals surface area contributed by atoms with Crippen molar-refractivity contribution in [2.45, 2.75) is 65.3 Å². The van der Waals surface area contributed by atoms with E-state index in [4.69, 9.17) is 26.8 Å². The maximum Gasteiger partial charge on any atom is 0.339 e. The third-order valence-corrected chi connectivity index (χ3v) is 4.72. The Morgan fingerprint density at radius 3 is 2.16 bits per heavy atom.